The molecule has 0 fully saturated rings. The van der Waals surface area contributed by atoms with Crippen molar-refractivity contribution in [2.45, 2.75) is 13.5 Å². The third-order valence-electron chi connectivity index (χ3n) is 3.02. The van der Waals surface area contributed by atoms with E-state index >= 15 is 0 Å². The number of nitrogen functional groups attached to an aromatic ring is 1. The highest BCUT2D eigenvalue weighted by Gasteiger charge is 2.07. The summed E-state index contributed by atoms with van der Waals surface area (Å²) in [4.78, 5) is 2.13. The summed E-state index contributed by atoms with van der Waals surface area (Å²) in [5.41, 5.74) is 10.3. The van der Waals surface area contributed by atoms with E-state index in [2.05, 4.69) is 11.0 Å². The number of nitrogens with two attached hydrogens (primary N) is 1. The molecule has 0 bridgehead atoms. The second-order valence-corrected chi connectivity index (χ2v) is 4.93. The normalized spacial score (nSPS) is 10.4. The highest BCUT2D eigenvalue weighted by molar-refractivity contribution is 6.30. The van der Waals surface area contributed by atoms with Crippen LogP contribution in [0.25, 0.3) is 0 Å². The number of nitrogens with zero attached hydrogens (tertiary/aromatic N) is 1. The SMILES string of the molecule is Cc1cccc(N(C)Cc2cccc(Cl)c2)c1N. The first-order chi connectivity index (χ1) is 8.58. The van der Waals surface area contributed by atoms with E-state index in [0.717, 1.165) is 28.5 Å². The van der Waals surface area contributed by atoms with Gasteiger partial charge in [0.25, 0.3) is 0 Å². The molecule has 0 atom stereocenters. The zero-order valence-corrected chi connectivity index (χ0v) is 11.4. The van der Waals surface area contributed by atoms with Gasteiger partial charge in [0.2, 0.25) is 0 Å². The van der Waals surface area contributed by atoms with Gasteiger partial charge in [-0.2, -0.15) is 0 Å². The smallest absolute Gasteiger partial charge is 0.0603 e. The number of para-hydroxylation sites is 1. The van der Waals surface area contributed by atoms with Gasteiger partial charge in [0.1, 0.15) is 0 Å². The number of hydrogen-bond acceptors (Lipinski definition) is 2. The van der Waals surface area contributed by atoms with E-state index in [-0.39, 0.29) is 0 Å². The third kappa shape index (κ3) is 2.77. The maximum Gasteiger partial charge on any atom is 0.0603 e. The van der Waals surface area contributed by atoms with E-state index in [1.165, 1.54) is 5.56 Å². The van der Waals surface area contributed by atoms with Crippen LogP contribution in [-0.4, -0.2) is 7.05 Å². The molecule has 2 aromatic carbocycles. The second-order valence-electron chi connectivity index (χ2n) is 4.49. The maximum atomic E-state index is 6.10. The molecular weight excluding hydrogens is 244 g/mol. The third-order valence-corrected chi connectivity index (χ3v) is 3.26. The Morgan fingerprint density at radius 3 is 2.61 bits per heavy atom. The van der Waals surface area contributed by atoms with Crippen LogP contribution in [0.2, 0.25) is 5.02 Å². The fraction of sp³-hybridized carbons (Fsp3) is 0.200. The molecule has 0 radical (unpaired) electrons. The predicted octanol–water partition coefficient (Wildman–Crippen LogP) is 3.87. The van der Waals surface area contributed by atoms with Gasteiger partial charge in [-0.05, 0) is 36.2 Å². The van der Waals surface area contributed by atoms with Crippen molar-refractivity contribution < 1.29 is 0 Å². The molecule has 18 heavy (non-hydrogen) atoms. The van der Waals surface area contributed by atoms with E-state index in [9.17, 15) is 0 Å². The average Bonchev–Trinajstić information content (AvgIpc) is 2.32. The molecule has 0 aliphatic rings. The number of aryl methyl sites for hydroxylation is 1. The van der Waals surface area contributed by atoms with Crippen LogP contribution >= 0.6 is 11.6 Å². The maximum absolute atomic E-state index is 6.10. The zero-order valence-electron chi connectivity index (χ0n) is 10.7. The monoisotopic (exact) mass is 260 g/mol. The van der Waals surface area contributed by atoms with Crippen molar-refractivity contribution >= 4 is 23.0 Å². The summed E-state index contributed by atoms with van der Waals surface area (Å²) >= 11 is 5.99. The van der Waals surface area contributed by atoms with Crippen molar-refractivity contribution in [1.29, 1.82) is 0 Å². The molecule has 0 aromatic heterocycles. The first-order valence-electron chi connectivity index (χ1n) is 5.88. The van der Waals surface area contributed by atoms with Crippen molar-refractivity contribution in [2.24, 2.45) is 0 Å². The Morgan fingerprint density at radius 2 is 1.89 bits per heavy atom. The Balaban J connectivity index is 2.22. The van der Waals surface area contributed by atoms with Gasteiger partial charge < -0.3 is 10.6 Å². The molecule has 0 aliphatic heterocycles. The highest BCUT2D eigenvalue weighted by atomic mass is 35.5. The number of benzene rings is 2. The quantitative estimate of drug-likeness (QED) is 0.849. The topological polar surface area (TPSA) is 29.3 Å². The highest BCUT2D eigenvalue weighted by Crippen LogP contribution is 2.26. The molecule has 3 heteroatoms. The van der Waals surface area contributed by atoms with Gasteiger partial charge in [0, 0.05) is 18.6 Å². The lowest BCUT2D eigenvalue weighted by atomic mass is 10.1. The summed E-state index contributed by atoms with van der Waals surface area (Å²) in [6, 6.07) is 14.0. The van der Waals surface area contributed by atoms with Crippen molar-refractivity contribution in [3.05, 3.63) is 58.6 Å². The summed E-state index contributed by atoms with van der Waals surface area (Å²) in [5.74, 6) is 0. The van der Waals surface area contributed by atoms with E-state index in [0.29, 0.717) is 0 Å². The lowest BCUT2D eigenvalue weighted by Crippen LogP contribution is -2.18. The Hall–Kier alpha value is -1.67. The molecule has 0 saturated heterocycles. The summed E-state index contributed by atoms with van der Waals surface area (Å²) in [6.45, 7) is 2.81. The van der Waals surface area contributed by atoms with E-state index < -0.39 is 0 Å². The standard InChI is InChI=1S/C15H17ClN2/c1-11-5-3-8-14(15(11)17)18(2)10-12-6-4-7-13(16)9-12/h3-9H,10,17H2,1-2H3. The molecule has 0 unspecified atom stereocenters. The van der Waals surface area contributed by atoms with Gasteiger partial charge in [0.05, 0.1) is 11.4 Å². The lowest BCUT2D eigenvalue weighted by Gasteiger charge is -2.22. The molecule has 2 nitrogen and oxygen atoms in total. The van der Waals surface area contributed by atoms with Gasteiger partial charge in [0.15, 0.2) is 0 Å². The molecule has 2 N–H and O–H groups in total. The summed E-state index contributed by atoms with van der Waals surface area (Å²) in [6.07, 6.45) is 0. The molecule has 2 rings (SSSR count). The van der Waals surface area contributed by atoms with Crippen molar-refractivity contribution in [1.82, 2.24) is 0 Å². The first kappa shape index (κ1) is 12.8. The van der Waals surface area contributed by atoms with E-state index in [4.69, 9.17) is 17.3 Å². The van der Waals surface area contributed by atoms with Crippen LogP contribution in [-0.2, 0) is 6.54 Å². The van der Waals surface area contributed by atoms with Crippen molar-refractivity contribution in [2.75, 3.05) is 17.7 Å². The van der Waals surface area contributed by atoms with E-state index in [1.54, 1.807) is 0 Å². The van der Waals surface area contributed by atoms with Crippen molar-refractivity contribution in [3.8, 4) is 0 Å². The van der Waals surface area contributed by atoms with Gasteiger partial charge >= 0.3 is 0 Å². The minimum atomic E-state index is 0.762. The Morgan fingerprint density at radius 1 is 1.17 bits per heavy atom. The minimum Gasteiger partial charge on any atom is -0.397 e. The van der Waals surface area contributed by atoms with Crippen LogP contribution in [0.1, 0.15) is 11.1 Å². The fourth-order valence-electron chi connectivity index (χ4n) is 1.99. The number of anilines is 2. The van der Waals surface area contributed by atoms with Crippen LogP contribution in [0, 0.1) is 6.92 Å². The molecule has 2 aromatic rings. The summed E-state index contributed by atoms with van der Waals surface area (Å²) in [5, 5.41) is 0.762. The Bertz CT molecular complexity index is 552. The number of halogens is 1. The molecule has 0 aliphatic carbocycles. The number of hydrogen-bond donors (Lipinski definition) is 1. The van der Waals surface area contributed by atoms with Gasteiger partial charge in [-0.3, -0.25) is 0 Å². The van der Waals surface area contributed by atoms with Gasteiger partial charge in [-0.25, -0.2) is 0 Å². The summed E-state index contributed by atoms with van der Waals surface area (Å²) < 4.78 is 0. The molecular formula is C15H17ClN2. The van der Waals surface area contributed by atoms with Gasteiger partial charge in [-0.1, -0.05) is 35.9 Å². The lowest BCUT2D eigenvalue weighted by molar-refractivity contribution is 0.924. The van der Waals surface area contributed by atoms with Crippen LogP contribution < -0.4 is 10.6 Å². The molecule has 0 spiro atoms. The molecule has 94 valence electrons. The van der Waals surface area contributed by atoms with Crippen LogP contribution in [0.4, 0.5) is 11.4 Å². The first-order valence-corrected chi connectivity index (χ1v) is 6.26. The molecule has 0 saturated carbocycles. The Kier molecular flexibility index (Phi) is 3.78. The number of rotatable bonds is 3. The minimum absolute atomic E-state index is 0.762. The predicted molar refractivity (Wildman–Crippen MR) is 79.2 cm³/mol. The van der Waals surface area contributed by atoms with Gasteiger partial charge in [-0.15, -0.1) is 0 Å². The van der Waals surface area contributed by atoms with Crippen molar-refractivity contribution in [3.63, 3.8) is 0 Å². The average molecular weight is 261 g/mol. The van der Waals surface area contributed by atoms with E-state index in [1.807, 2.05) is 50.4 Å². The summed E-state index contributed by atoms with van der Waals surface area (Å²) in [7, 11) is 2.03. The van der Waals surface area contributed by atoms with Crippen LogP contribution in [0.5, 0.6) is 0 Å². The molecule has 0 amide bonds. The fourth-order valence-corrected chi connectivity index (χ4v) is 2.21. The zero-order chi connectivity index (χ0) is 13.1. The Labute approximate surface area is 113 Å². The molecule has 0 heterocycles. The van der Waals surface area contributed by atoms with Crippen LogP contribution in [0.15, 0.2) is 42.5 Å². The largest absolute Gasteiger partial charge is 0.397 e. The van der Waals surface area contributed by atoms with Crippen LogP contribution in [0.3, 0.4) is 0 Å². The second kappa shape index (κ2) is 5.32.